The van der Waals surface area contributed by atoms with Crippen LogP contribution >= 0.6 is 11.6 Å². The van der Waals surface area contributed by atoms with Crippen LogP contribution in [0, 0.1) is 6.92 Å². The van der Waals surface area contributed by atoms with Crippen molar-refractivity contribution < 1.29 is 4.74 Å². The Bertz CT molecular complexity index is 439. The number of aryl methyl sites for hydroxylation is 1. The van der Waals surface area contributed by atoms with Crippen LogP contribution in [0.3, 0.4) is 0 Å². The summed E-state index contributed by atoms with van der Waals surface area (Å²) in [7, 11) is 0. The van der Waals surface area contributed by atoms with E-state index >= 15 is 0 Å². The molecule has 0 saturated carbocycles. The number of morpholine rings is 1. The van der Waals surface area contributed by atoms with Crippen molar-refractivity contribution in [2.24, 2.45) is 0 Å². The molecule has 1 aromatic heterocycles. The summed E-state index contributed by atoms with van der Waals surface area (Å²) in [5.74, 6) is 1.71. The van der Waals surface area contributed by atoms with Crippen LogP contribution in [0.15, 0.2) is 6.07 Å². The molecule has 0 amide bonds. The van der Waals surface area contributed by atoms with Crippen LogP contribution in [-0.2, 0) is 4.74 Å². The fourth-order valence-corrected chi connectivity index (χ4v) is 2.48. The Labute approximate surface area is 120 Å². The number of aromatic nitrogens is 2. The van der Waals surface area contributed by atoms with Gasteiger partial charge in [0.25, 0.3) is 0 Å². The molecule has 2 heterocycles. The van der Waals surface area contributed by atoms with Gasteiger partial charge in [0.2, 0.25) is 5.95 Å². The van der Waals surface area contributed by atoms with E-state index in [4.69, 9.17) is 16.3 Å². The number of anilines is 1. The Kier molecular flexibility index (Phi) is 4.63. The first kappa shape index (κ1) is 14.5. The normalized spacial score (nSPS) is 24.0. The third-order valence-electron chi connectivity index (χ3n) is 3.23. The van der Waals surface area contributed by atoms with Crippen molar-refractivity contribution in [3.05, 3.63) is 17.5 Å². The molecule has 0 aliphatic carbocycles. The van der Waals surface area contributed by atoms with Crippen molar-refractivity contribution in [3.63, 3.8) is 0 Å². The molecule has 2 atom stereocenters. The Hall–Kier alpha value is -0.870. The van der Waals surface area contributed by atoms with Gasteiger partial charge in [0.05, 0.1) is 18.1 Å². The van der Waals surface area contributed by atoms with Gasteiger partial charge in [0.15, 0.2) is 0 Å². The highest BCUT2D eigenvalue weighted by Crippen LogP contribution is 2.21. The van der Waals surface area contributed by atoms with Gasteiger partial charge in [-0.1, -0.05) is 13.8 Å². The maximum atomic E-state index is 5.92. The maximum Gasteiger partial charge on any atom is 0.225 e. The van der Waals surface area contributed by atoms with Crippen LogP contribution in [0.25, 0.3) is 0 Å². The van der Waals surface area contributed by atoms with Gasteiger partial charge in [-0.2, -0.15) is 0 Å². The van der Waals surface area contributed by atoms with E-state index in [0.717, 1.165) is 30.4 Å². The van der Waals surface area contributed by atoms with Gasteiger partial charge >= 0.3 is 0 Å². The Morgan fingerprint density at radius 1 is 1.42 bits per heavy atom. The van der Waals surface area contributed by atoms with Crippen LogP contribution < -0.4 is 4.90 Å². The summed E-state index contributed by atoms with van der Waals surface area (Å²) in [5, 5.41) is 0. The summed E-state index contributed by atoms with van der Waals surface area (Å²) in [6, 6.07) is 2.05. The lowest BCUT2D eigenvalue weighted by molar-refractivity contribution is -0.00385. The summed E-state index contributed by atoms with van der Waals surface area (Å²) in [5.41, 5.74) is 2.10. The number of rotatable bonds is 3. The van der Waals surface area contributed by atoms with Gasteiger partial charge in [-0.3, -0.25) is 0 Å². The molecule has 2 rings (SSSR count). The van der Waals surface area contributed by atoms with Crippen molar-refractivity contribution in [1.82, 2.24) is 9.97 Å². The van der Waals surface area contributed by atoms with Crippen LogP contribution in [0.4, 0.5) is 5.95 Å². The van der Waals surface area contributed by atoms with E-state index < -0.39 is 0 Å². The molecule has 1 aliphatic rings. The van der Waals surface area contributed by atoms with Gasteiger partial charge in [-0.05, 0) is 25.8 Å². The number of ether oxygens (including phenoxy) is 1. The highest BCUT2D eigenvalue weighted by molar-refractivity contribution is 6.18. The average molecular weight is 284 g/mol. The molecule has 1 aromatic rings. The molecule has 1 aliphatic heterocycles. The quantitative estimate of drug-likeness (QED) is 0.800. The first-order valence-electron chi connectivity index (χ1n) is 6.81. The van der Waals surface area contributed by atoms with Crippen molar-refractivity contribution >= 4 is 17.5 Å². The Morgan fingerprint density at radius 2 is 2.16 bits per heavy atom. The zero-order valence-electron chi connectivity index (χ0n) is 12.1. The van der Waals surface area contributed by atoms with E-state index in [1.165, 1.54) is 0 Å². The fourth-order valence-electron chi connectivity index (χ4n) is 2.31. The second-order valence-electron chi connectivity index (χ2n) is 5.52. The summed E-state index contributed by atoms with van der Waals surface area (Å²) >= 11 is 5.92. The molecular weight excluding hydrogens is 262 g/mol. The third-order valence-corrected chi connectivity index (χ3v) is 3.58. The highest BCUT2D eigenvalue weighted by Gasteiger charge is 2.26. The molecule has 5 heteroatoms. The van der Waals surface area contributed by atoms with Crippen LogP contribution in [0.1, 0.15) is 38.1 Å². The predicted molar refractivity (Wildman–Crippen MR) is 78.1 cm³/mol. The van der Waals surface area contributed by atoms with Crippen molar-refractivity contribution in [2.45, 2.75) is 45.8 Å². The number of halogens is 1. The Morgan fingerprint density at radius 3 is 2.79 bits per heavy atom. The van der Waals surface area contributed by atoms with E-state index in [-0.39, 0.29) is 12.2 Å². The number of nitrogens with zero attached hydrogens (tertiary/aromatic N) is 3. The second kappa shape index (κ2) is 6.06. The smallest absolute Gasteiger partial charge is 0.225 e. The maximum absolute atomic E-state index is 5.92. The minimum absolute atomic E-state index is 0.0528. The number of hydrogen-bond acceptors (Lipinski definition) is 4. The van der Waals surface area contributed by atoms with Gasteiger partial charge < -0.3 is 9.64 Å². The summed E-state index contributed by atoms with van der Waals surface area (Å²) in [6.45, 7) is 9.94. The van der Waals surface area contributed by atoms with Gasteiger partial charge in [-0.25, -0.2) is 9.97 Å². The fraction of sp³-hybridized carbons (Fsp3) is 0.714. The monoisotopic (exact) mass is 283 g/mol. The summed E-state index contributed by atoms with van der Waals surface area (Å²) < 4.78 is 5.77. The minimum atomic E-state index is 0.0528. The first-order valence-corrected chi connectivity index (χ1v) is 7.35. The highest BCUT2D eigenvalue weighted by atomic mass is 35.5. The van der Waals surface area contributed by atoms with E-state index in [0.29, 0.717) is 11.8 Å². The number of hydrogen-bond donors (Lipinski definition) is 0. The third kappa shape index (κ3) is 3.57. The van der Waals surface area contributed by atoms with Crippen molar-refractivity contribution in [2.75, 3.05) is 23.9 Å². The molecular formula is C14H22ClN3O. The van der Waals surface area contributed by atoms with Gasteiger partial charge in [-0.15, -0.1) is 11.6 Å². The van der Waals surface area contributed by atoms with E-state index in [1.54, 1.807) is 0 Å². The van der Waals surface area contributed by atoms with E-state index in [2.05, 4.69) is 41.7 Å². The molecule has 0 N–H and O–H groups in total. The van der Waals surface area contributed by atoms with Gasteiger partial charge in [0.1, 0.15) is 0 Å². The predicted octanol–water partition coefficient (Wildman–Crippen LogP) is 2.74. The van der Waals surface area contributed by atoms with Crippen molar-refractivity contribution in [3.8, 4) is 0 Å². The topological polar surface area (TPSA) is 38.2 Å². The van der Waals surface area contributed by atoms with Crippen LogP contribution in [0.5, 0.6) is 0 Å². The molecule has 106 valence electrons. The second-order valence-corrected chi connectivity index (χ2v) is 5.83. The standard InChI is InChI=1S/C14H22ClN3O/c1-9(2)13-5-10(3)16-14(17-13)18-7-11(4)19-12(6-15)8-18/h5,9,11-12H,6-8H2,1-4H3. The Balaban J connectivity index is 2.25. The molecule has 2 unspecified atom stereocenters. The summed E-state index contributed by atoms with van der Waals surface area (Å²) in [4.78, 5) is 11.4. The molecule has 4 nitrogen and oxygen atoms in total. The molecule has 0 spiro atoms. The zero-order chi connectivity index (χ0) is 14.0. The molecule has 0 radical (unpaired) electrons. The zero-order valence-corrected chi connectivity index (χ0v) is 12.8. The minimum Gasteiger partial charge on any atom is -0.370 e. The van der Waals surface area contributed by atoms with Crippen molar-refractivity contribution in [1.29, 1.82) is 0 Å². The molecule has 19 heavy (non-hydrogen) atoms. The summed E-state index contributed by atoms with van der Waals surface area (Å²) in [6.07, 6.45) is 0.209. The largest absolute Gasteiger partial charge is 0.370 e. The van der Waals surface area contributed by atoms with Gasteiger partial charge in [0, 0.05) is 24.5 Å². The van der Waals surface area contributed by atoms with Crippen LogP contribution in [-0.4, -0.2) is 41.1 Å². The van der Waals surface area contributed by atoms with Crippen LogP contribution in [0.2, 0.25) is 0 Å². The lowest BCUT2D eigenvalue weighted by Gasteiger charge is -2.36. The lowest BCUT2D eigenvalue weighted by Crippen LogP contribution is -2.48. The lowest BCUT2D eigenvalue weighted by atomic mass is 10.1. The average Bonchev–Trinajstić information content (AvgIpc) is 2.37. The number of alkyl halides is 1. The first-order chi connectivity index (χ1) is 8.99. The SMILES string of the molecule is Cc1cc(C(C)C)nc(N2CC(C)OC(CCl)C2)n1. The molecule has 1 saturated heterocycles. The molecule has 0 aromatic carbocycles. The van der Waals surface area contributed by atoms with E-state index in [1.807, 2.05) is 6.92 Å². The molecule has 0 bridgehead atoms. The molecule has 1 fully saturated rings. The van der Waals surface area contributed by atoms with E-state index in [9.17, 15) is 0 Å².